The second-order valence-electron chi connectivity index (χ2n) is 7.04. The average molecular weight is 408 g/mol. The number of allylic oxidation sites excluding steroid dienone is 1. The third-order valence-corrected chi connectivity index (χ3v) is 5.11. The van der Waals surface area contributed by atoms with Crippen LogP contribution in [0.15, 0.2) is 71.8 Å². The number of nitrogens with zero attached hydrogens (tertiary/aromatic N) is 1. The summed E-state index contributed by atoms with van der Waals surface area (Å²) in [7, 11) is 1.65. The first-order valence-electron chi connectivity index (χ1n) is 9.80. The van der Waals surface area contributed by atoms with Crippen molar-refractivity contribution in [1.82, 2.24) is 5.32 Å². The van der Waals surface area contributed by atoms with Crippen LogP contribution in [0.1, 0.15) is 30.4 Å². The van der Waals surface area contributed by atoms with Crippen molar-refractivity contribution in [3.8, 4) is 0 Å². The maximum atomic E-state index is 11.5. The van der Waals surface area contributed by atoms with Crippen LogP contribution in [0.4, 0.5) is 5.69 Å². The summed E-state index contributed by atoms with van der Waals surface area (Å²) in [6.45, 7) is 4.76. The molecule has 2 aromatic rings. The minimum absolute atomic E-state index is 0.00687. The van der Waals surface area contributed by atoms with Gasteiger partial charge in [-0.3, -0.25) is 9.79 Å². The van der Waals surface area contributed by atoms with Crippen LogP contribution in [-0.4, -0.2) is 25.2 Å². The molecule has 2 N–H and O–H groups in total. The molecule has 0 aliphatic heterocycles. The number of hydrogen-bond donors (Lipinski definition) is 2. The van der Waals surface area contributed by atoms with E-state index in [4.69, 9.17) is 16.6 Å². The number of carbonyl (C=O) groups is 1. The molecule has 1 fully saturated rings. The van der Waals surface area contributed by atoms with Gasteiger partial charge in [-0.1, -0.05) is 42.4 Å². The van der Waals surface area contributed by atoms with Crippen LogP contribution in [0.3, 0.4) is 0 Å². The first-order chi connectivity index (χ1) is 14.0. The fourth-order valence-electron chi connectivity index (χ4n) is 3.23. The van der Waals surface area contributed by atoms with Crippen LogP contribution in [-0.2, 0) is 11.2 Å². The van der Waals surface area contributed by atoms with Crippen molar-refractivity contribution in [3.05, 3.63) is 82.9 Å². The predicted octanol–water partition coefficient (Wildman–Crippen LogP) is 5.26. The van der Waals surface area contributed by atoms with Gasteiger partial charge in [0.15, 0.2) is 0 Å². The highest BCUT2D eigenvalue weighted by Crippen LogP contribution is 2.26. The number of anilines is 1. The van der Waals surface area contributed by atoms with Gasteiger partial charge in [0.1, 0.15) is 0 Å². The molecule has 0 heterocycles. The largest absolute Gasteiger partial charge is 0.381 e. The monoisotopic (exact) mass is 407 g/mol. The standard InChI is InChI=1S/C24H26ClN3O/c1-17-5-3-8-22(17)28-23(19-6-4-7-20(25)16-19)13-14-27-21-11-9-18(10-12-21)15-24(29)26-2/h4,6-7,9-13,16,27H,1,3,5,8,14-15H2,2H3,(H,26,29)/b23-13-,28-22-. The van der Waals surface area contributed by atoms with Gasteiger partial charge in [0.2, 0.25) is 5.91 Å². The molecule has 0 unspecified atom stereocenters. The molecule has 1 saturated carbocycles. The van der Waals surface area contributed by atoms with E-state index in [9.17, 15) is 4.79 Å². The van der Waals surface area contributed by atoms with Crippen LogP contribution in [0.25, 0.3) is 5.70 Å². The first-order valence-corrected chi connectivity index (χ1v) is 10.2. The van der Waals surface area contributed by atoms with Gasteiger partial charge >= 0.3 is 0 Å². The lowest BCUT2D eigenvalue weighted by Crippen LogP contribution is -2.19. The van der Waals surface area contributed by atoms with Crippen molar-refractivity contribution >= 4 is 34.6 Å². The number of carbonyl (C=O) groups excluding carboxylic acids is 1. The van der Waals surface area contributed by atoms with E-state index in [2.05, 4.69) is 23.3 Å². The Morgan fingerprint density at radius 1 is 1.21 bits per heavy atom. The number of aliphatic imine (C=N–C) groups is 1. The van der Waals surface area contributed by atoms with Crippen LogP contribution in [0, 0.1) is 0 Å². The van der Waals surface area contributed by atoms with Gasteiger partial charge in [0.05, 0.1) is 12.1 Å². The van der Waals surface area contributed by atoms with Crippen molar-refractivity contribution in [2.45, 2.75) is 25.7 Å². The second-order valence-corrected chi connectivity index (χ2v) is 7.48. The lowest BCUT2D eigenvalue weighted by molar-refractivity contribution is -0.119. The Bertz CT molecular complexity index is 945. The predicted molar refractivity (Wildman–Crippen MR) is 123 cm³/mol. The first kappa shape index (κ1) is 20.9. The van der Waals surface area contributed by atoms with Crippen LogP contribution < -0.4 is 10.6 Å². The van der Waals surface area contributed by atoms with Crippen LogP contribution in [0.5, 0.6) is 0 Å². The minimum Gasteiger partial charge on any atom is -0.381 e. The maximum Gasteiger partial charge on any atom is 0.224 e. The van der Waals surface area contributed by atoms with Crippen LogP contribution in [0.2, 0.25) is 5.02 Å². The zero-order valence-corrected chi connectivity index (χ0v) is 17.4. The molecule has 150 valence electrons. The normalized spacial score (nSPS) is 15.6. The van der Waals surface area contributed by atoms with Crippen molar-refractivity contribution in [3.63, 3.8) is 0 Å². The Labute approximate surface area is 177 Å². The molecule has 1 amide bonds. The van der Waals surface area contributed by atoms with E-state index in [1.165, 1.54) is 0 Å². The van der Waals surface area contributed by atoms with E-state index < -0.39 is 0 Å². The molecule has 0 saturated heterocycles. The summed E-state index contributed by atoms with van der Waals surface area (Å²) in [4.78, 5) is 16.4. The highest BCUT2D eigenvalue weighted by molar-refractivity contribution is 6.30. The summed E-state index contributed by atoms with van der Waals surface area (Å²) in [5.41, 5.74) is 6.07. The van der Waals surface area contributed by atoms with Gasteiger partial charge < -0.3 is 10.6 Å². The number of rotatable bonds is 7. The minimum atomic E-state index is 0.00687. The number of nitrogens with one attached hydrogen (secondary N) is 2. The number of likely N-dealkylation sites (N-methyl/N-ethyl adjacent to an activating group) is 1. The molecule has 0 bridgehead atoms. The van der Waals surface area contributed by atoms with E-state index in [0.29, 0.717) is 18.0 Å². The maximum absolute atomic E-state index is 11.5. The molecule has 5 heteroatoms. The summed E-state index contributed by atoms with van der Waals surface area (Å²) in [6.07, 6.45) is 5.56. The van der Waals surface area contributed by atoms with Gasteiger partial charge in [0.25, 0.3) is 0 Å². The zero-order chi connectivity index (χ0) is 20.6. The number of amides is 1. The van der Waals surface area contributed by atoms with Gasteiger partial charge in [-0.2, -0.15) is 0 Å². The van der Waals surface area contributed by atoms with Crippen LogP contribution >= 0.6 is 11.6 Å². The molecular formula is C24H26ClN3O. The molecular weight excluding hydrogens is 382 g/mol. The molecule has 29 heavy (non-hydrogen) atoms. The van der Waals surface area contributed by atoms with Gasteiger partial charge in [-0.15, -0.1) is 0 Å². The molecule has 2 aromatic carbocycles. The average Bonchev–Trinajstić information content (AvgIpc) is 3.13. The van der Waals surface area contributed by atoms with Gasteiger partial charge in [0, 0.05) is 35.6 Å². The molecule has 0 atom stereocenters. The Balaban J connectivity index is 1.73. The molecule has 0 radical (unpaired) electrons. The van der Waals surface area contributed by atoms with E-state index in [-0.39, 0.29) is 5.91 Å². The number of halogens is 1. The Morgan fingerprint density at radius 2 is 2.00 bits per heavy atom. The van der Waals surface area contributed by atoms with E-state index in [1.807, 2.05) is 48.5 Å². The third kappa shape index (κ3) is 6.06. The van der Waals surface area contributed by atoms with E-state index >= 15 is 0 Å². The Hall–Kier alpha value is -2.85. The zero-order valence-electron chi connectivity index (χ0n) is 16.7. The van der Waals surface area contributed by atoms with E-state index in [1.54, 1.807) is 7.05 Å². The second kappa shape index (κ2) is 10.1. The summed E-state index contributed by atoms with van der Waals surface area (Å²) < 4.78 is 0. The highest BCUT2D eigenvalue weighted by atomic mass is 35.5. The Kier molecular flexibility index (Phi) is 7.25. The summed E-state index contributed by atoms with van der Waals surface area (Å²) in [6, 6.07) is 15.6. The fraction of sp³-hybridized carbons (Fsp3) is 0.250. The van der Waals surface area contributed by atoms with Gasteiger partial charge in [-0.05, 0) is 60.7 Å². The number of benzene rings is 2. The molecule has 0 spiro atoms. The van der Waals surface area contributed by atoms with Crippen molar-refractivity contribution < 1.29 is 4.79 Å². The summed E-state index contributed by atoms with van der Waals surface area (Å²) in [5.74, 6) is 0.00687. The Morgan fingerprint density at radius 3 is 2.66 bits per heavy atom. The molecule has 1 aliphatic carbocycles. The third-order valence-electron chi connectivity index (χ3n) is 4.88. The van der Waals surface area contributed by atoms with E-state index in [0.717, 1.165) is 53.1 Å². The van der Waals surface area contributed by atoms with Gasteiger partial charge in [-0.25, -0.2) is 0 Å². The summed E-state index contributed by atoms with van der Waals surface area (Å²) >= 11 is 6.19. The summed E-state index contributed by atoms with van der Waals surface area (Å²) in [5, 5.41) is 6.72. The topological polar surface area (TPSA) is 53.5 Å². The van der Waals surface area contributed by atoms with Crippen molar-refractivity contribution in [1.29, 1.82) is 0 Å². The highest BCUT2D eigenvalue weighted by Gasteiger charge is 2.14. The van der Waals surface area contributed by atoms with Crippen molar-refractivity contribution in [2.75, 3.05) is 18.9 Å². The molecule has 3 rings (SSSR count). The fourth-order valence-corrected chi connectivity index (χ4v) is 3.42. The lowest BCUT2D eigenvalue weighted by Gasteiger charge is -2.09. The molecule has 1 aliphatic rings. The number of hydrogen-bond acceptors (Lipinski definition) is 3. The molecule has 0 aromatic heterocycles. The quantitative estimate of drug-likeness (QED) is 0.657. The smallest absolute Gasteiger partial charge is 0.224 e. The SMILES string of the molecule is C=C1CCC/C1=N/C(=C\CNc1ccc(CC(=O)NC)cc1)c1cccc(Cl)c1. The lowest BCUT2D eigenvalue weighted by atomic mass is 10.1. The molecule has 4 nitrogen and oxygen atoms in total. The van der Waals surface area contributed by atoms with Crippen molar-refractivity contribution in [2.24, 2.45) is 4.99 Å².